The summed E-state index contributed by atoms with van der Waals surface area (Å²) in [6.45, 7) is 5.98. The smallest absolute Gasteiger partial charge is 0.307 e. The molecule has 1 saturated carbocycles. The highest BCUT2D eigenvalue weighted by molar-refractivity contribution is 5.75. The minimum atomic E-state index is -0.646. The van der Waals surface area contributed by atoms with Gasteiger partial charge in [-0.1, -0.05) is 20.8 Å². The molecule has 0 bridgehead atoms. The molecule has 1 fully saturated rings. The molecule has 0 spiro atoms. The summed E-state index contributed by atoms with van der Waals surface area (Å²) >= 11 is 0. The zero-order valence-corrected chi connectivity index (χ0v) is 6.01. The van der Waals surface area contributed by atoms with Crippen molar-refractivity contribution in [3.05, 3.63) is 0 Å². The van der Waals surface area contributed by atoms with Crippen LogP contribution in [0.5, 0.6) is 0 Å². The molecule has 0 aromatic rings. The number of aliphatic carboxylic acids is 1. The first kappa shape index (κ1) is 6.59. The van der Waals surface area contributed by atoms with Gasteiger partial charge >= 0.3 is 5.97 Å². The molecule has 0 heterocycles. The highest BCUT2D eigenvalue weighted by Crippen LogP contribution is 2.57. The van der Waals surface area contributed by atoms with Crippen molar-refractivity contribution in [2.45, 2.75) is 20.8 Å². The van der Waals surface area contributed by atoms with Gasteiger partial charge < -0.3 is 5.11 Å². The zero-order valence-electron chi connectivity index (χ0n) is 6.01. The quantitative estimate of drug-likeness (QED) is 0.579. The maximum atomic E-state index is 10.4. The van der Waals surface area contributed by atoms with Gasteiger partial charge in [0.15, 0.2) is 0 Å². The van der Waals surface area contributed by atoms with Crippen molar-refractivity contribution in [3.63, 3.8) is 0 Å². The van der Waals surface area contributed by atoms with E-state index in [0.29, 0.717) is 5.92 Å². The van der Waals surface area contributed by atoms with E-state index in [2.05, 4.69) is 0 Å². The first-order valence-corrected chi connectivity index (χ1v) is 3.20. The predicted molar refractivity (Wildman–Crippen MR) is 34.1 cm³/mol. The highest BCUT2D eigenvalue weighted by Gasteiger charge is 2.59. The molecule has 2 heteroatoms. The van der Waals surface area contributed by atoms with Crippen molar-refractivity contribution >= 4 is 5.97 Å². The number of carbonyl (C=O) groups is 1. The first-order chi connectivity index (χ1) is 3.98. The topological polar surface area (TPSA) is 37.3 Å². The molecule has 2 nitrogen and oxygen atoms in total. The number of carboxylic acids is 1. The summed E-state index contributed by atoms with van der Waals surface area (Å²) in [6.07, 6.45) is 0. The Bertz CT molecular complexity index is 149. The van der Waals surface area contributed by atoms with Gasteiger partial charge in [-0.15, -0.1) is 0 Å². The largest absolute Gasteiger partial charge is 0.481 e. The molecule has 0 aromatic carbocycles. The Kier molecular flexibility index (Phi) is 1.09. The van der Waals surface area contributed by atoms with E-state index in [0.717, 1.165) is 0 Å². The van der Waals surface area contributed by atoms with Crippen LogP contribution in [-0.2, 0) is 4.79 Å². The lowest BCUT2D eigenvalue weighted by Gasteiger charge is -1.95. The van der Waals surface area contributed by atoms with E-state index < -0.39 is 5.97 Å². The lowest BCUT2D eigenvalue weighted by Crippen LogP contribution is -2.02. The summed E-state index contributed by atoms with van der Waals surface area (Å²) in [5.74, 6) is -0.389. The van der Waals surface area contributed by atoms with E-state index in [1.54, 1.807) is 0 Å². The highest BCUT2D eigenvalue weighted by atomic mass is 16.4. The summed E-state index contributed by atoms with van der Waals surface area (Å²) in [5, 5.41) is 8.56. The van der Waals surface area contributed by atoms with E-state index in [4.69, 9.17) is 5.11 Å². The van der Waals surface area contributed by atoms with Crippen LogP contribution in [-0.4, -0.2) is 11.1 Å². The average Bonchev–Trinajstić information content (AvgIpc) is 2.07. The van der Waals surface area contributed by atoms with Crippen LogP contribution in [0.4, 0.5) is 0 Å². The van der Waals surface area contributed by atoms with Gasteiger partial charge in [-0.3, -0.25) is 4.79 Å². The van der Waals surface area contributed by atoms with Crippen molar-refractivity contribution in [1.29, 1.82) is 0 Å². The summed E-state index contributed by atoms with van der Waals surface area (Å²) in [5.41, 5.74) is 0.0475. The summed E-state index contributed by atoms with van der Waals surface area (Å²) in [7, 11) is 0. The fourth-order valence-electron chi connectivity index (χ4n) is 1.43. The molecule has 1 N–H and O–H groups in total. The Morgan fingerprint density at radius 2 is 1.89 bits per heavy atom. The molecule has 1 rings (SSSR count). The fraction of sp³-hybridized carbons (Fsp3) is 0.857. The third kappa shape index (κ3) is 0.732. The zero-order chi connectivity index (χ0) is 7.23. The Hall–Kier alpha value is -0.530. The summed E-state index contributed by atoms with van der Waals surface area (Å²) < 4.78 is 0. The van der Waals surface area contributed by atoms with Crippen molar-refractivity contribution in [2.75, 3.05) is 0 Å². The van der Waals surface area contributed by atoms with Gasteiger partial charge in [-0.25, -0.2) is 0 Å². The van der Waals surface area contributed by atoms with E-state index in [1.165, 1.54) is 0 Å². The fourth-order valence-corrected chi connectivity index (χ4v) is 1.43. The summed E-state index contributed by atoms with van der Waals surface area (Å²) in [4.78, 5) is 10.4. The molecular weight excluding hydrogens is 116 g/mol. The second-order valence-electron chi connectivity index (χ2n) is 3.43. The molecule has 2 atom stereocenters. The van der Waals surface area contributed by atoms with Crippen LogP contribution in [0.2, 0.25) is 0 Å². The molecule has 0 amide bonds. The van der Waals surface area contributed by atoms with E-state index in [1.807, 2.05) is 20.8 Å². The van der Waals surface area contributed by atoms with Crippen molar-refractivity contribution in [1.82, 2.24) is 0 Å². The van der Waals surface area contributed by atoms with Crippen LogP contribution in [0.15, 0.2) is 0 Å². The van der Waals surface area contributed by atoms with Gasteiger partial charge in [0.25, 0.3) is 0 Å². The van der Waals surface area contributed by atoms with Crippen LogP contribution in [0.3, 0.4) is 0 Å². The van der Waals surface area contributed by atoms with E-state index >= 15 is 0 Å². The molecule has 0 aromatic heterocycles. The lowest BCUT2D eigenvalue weighted by molar-refractivity contribution is -0.139. The summed E-state index contributed by atoms with van der Waals surface area (Å²) in [6, 6.07) is 0. The molecule has 0 aliphatic heterocycles. The van der Waals surface area contributed by atoms with Gasteiger partial charge in [-0.2, -0.15) is 0 Å². The third-order valence-corrected chi connectivity index (χ3v) is 2.63. The van der Waals surface area contributed by atoms with E-state index in [9.17, 15) is 4.79 Å². The van der Waals surface area contributed by atoms with Crippen molar-refractivity contribution in [3.8, 4) is 0 Å². The maximum absolute atomic E-state index is 10.4. The van der Waals surface area contributed by atoms with Gasteiger partial charge in [0.2, 0.25) is 0 Å². The Morgan fingerprint density at radius 3 is 1.89 bits per heavy atom. The van der Waals surface area contributed by atoms with Crippen LogP contribution >= 0.6 is 0 Å². The van der Waals surface area contributed by atoms with Crippen LogP contribution < -0.4 is 0 Å². The molecule has 0 radical (unpaired) electrons. The normalized spacial score (nSPS) is 38.1. The van der Waals surface area contributed by atoms with Crippen LogP contribution in [0.1, 0.15) is 20.8 Å². The standard InChI is InChI=1S/C7H12O2/c1-4-5(6(8)9)7(4,2)3/h4-5H,1-3H3,(H,8,9)/t4-,5?/m0/s1. The average molecular weight is 128 g/mol. The minimum Gasteiger partial charge on any atom is -0.481 e. The Balaban J connectivity index is 2.62. The molecular formula is C7H12O2. The second kappa shape index (κ2) is 1.49. The predicted octanol–water partition coefficient (Wildman–Crippen LogP) is 1.36. The number of hydrogen-bond acceptors (Lipinski definition) is 1. The minimum absolute atomic E-state index is 0.0475. The Labute approximate surface area is 54.9 Å². The van der Waals surface area contributed by atoms with Gasteiger partial charge in [-0.05, 0) is 11.3 Å². The number of hydrogen-bond donors (Lipinski definition) is 1. The second-order valence-corrected chi connectivity index (χ2v) is 3.43. The molecule has 9 heavy (non-hydrogen) atoms. The van der Waals surface area contributed by atoms with Crippen molar-refractivity contribution in [2.24, 2.45) is 17.3 Å². The monoisotopic (exact) mass is 128 g/mol. The van der Waals surface area contributed by atoms with Crippen LogP contribution in [0.25, 0.3) is 0 Å². The SMILES string of the molecule is C[C@H]1C(C(=O)O)C1(C)C. The van der Waals surface area contributed by atoms with E-state index in [-0.39, 0.29) is 11.3 Å². The molecule has 1 aliphatic rings. The molecule has 0 saturated heterocycles. The third-order valence-electron chi connectivity index (χ3n) is 2.63. The number of carboxylic acid groups (broad SMARTS) is 1. The van der Waals surface area contributed by atoms with Crippen molar-refractivity contribution < 1.29 is 9.90 Å². The van der Waals surface area contributed by atoms with Gasteiger partial charge in [0.1, 0.15) is 0 Å². The molecule has 1 unspecified atom stereocenters. The first-order valence-electron chi connectivity index (χ1n) is 3.20. The van der Waals surface area contributed by atoms with Gasteiger partial charge in [0, 0.05) is 0 Å². The van der Waals surface area contributed by atoms with Gasteiger partial charge in [0.05, 0.1) is 5.92 Å². The molecule has 52 valence electrons. The lowest BCUT2D eigenvalue weighted by atomic mass is 10.1. The number of rotatable bonds is 1. The maximum Gasteiger partial charge on any atom is 0.307 e. The molecule has 1 aliphatic carbocycles. The Morgan fingerprint density at radius 1 is 1.56 bits per heavy atom. The van der Waals surface area contributed by atoms with Crippen LogP contribution in [0, 0.1) is 17.3 Å².